The van der Waals surface area contributed by atoms with Crippen molar-refractivity contribution in [2.24, 2.45) is 5.92 Å². The lowest BCUT2D eigenvalue weighted by Gasteiger charge is -2.60. The van der Waals surface area contributed by atoms with Crippen LogP contribution in [0.3, 0.4) is 0 Å². The Kier molecular flexibility index (Phi) is 9.31. The van der Waals surface area contributed by atoms with Gasteiger partial charge in [-0.05, 0) is 57.4 Å². The number of ether oxygens (including phenoxy) is 6. The molecule has 0 saturated carbocycles. The minimum Gasteiger partial charge on any atom is -0.467 e. The number of amides is 1. The van der Waals surface area contributed by atoms with Crippen LogP contribution < -0.4 is 24.3 Å². The lowest BCUT2D eigenvalue weighted by atomic mass is 9.71. The second-order valence-electron chi connectivity index (χ2n) is 13.2. The Hall–Kier alpha value is -4.31. The molecule has 0 aliphatic carbocycles. The first-order chi connectivity index (χ1) is 23.0. The Morgan fingerprint density at radius 2 is 1.88 bits per heavy atom. The molecule has 0 aromatic heterocycles. The summed E-state index contributed by atoms with van der Waals surface area (Å²) in [5.74, 6) is 1.75. The van der Waals surface area contributed by atoms with Crippen molar-refractivity contribution in [2.75, 3.05) is 40.9 Å². The number of likely N-dealkylation sites (N-methyl/N-ethyl adjacent to an activating group) is 1. The molecule has 1 N–H and O–H groups in total. The molecule has 4 aliphatic rings. The zero-order chi connectivity index (χ0) is 34.4. The Labute approximate surface area is 281 Å². The highest BCUT2D eigenvalue weighted by atomic mass is 16.7. The molecule has 5 atom stereocenters. The van der Waals surface area contributed by atoms with E-state index in [9.17, 15) is 14.9 Å². The van der Waals surface area contributed by atoms with Gasteiger partial charge in [0.1, 0.15) is 24.1 Å². The van der Waals surface area contributed by atoms with Crippen LogP contribution in [-0.2, 0) is 27.1 Å². The lowest BCUT2D eigenvalue weighted by Crippen LogP contribution is -2.68. The van der Waals surface area contributed by atoms with Crippen LogP contribution in [-0.4, -0.2) is 80.9 Å². The Bertz CT molecular complexity index is 1680. The molecule has 0 radical (unpaired) electrons. The van der Waals surface area contributed by atoms with Gasteiger partial charge < -0.3 is 33.7 Å². The first-order valence-electron chi connectivity index (χ1n) is 16.4. The van der Waals surface area contributed by atoms with Crippen LogP contribution in [0.1, 0.15) is 64.9 Å². The standard InChI is InChI=1S/C36H44N4O8/c1-9-10-44-36(42)48-31-21(6)33-34(47-17-46-33)29-23(31)13-25-30-28-22(11-19(4)20(5)32(28)45-16-43-8)12-24(39(30)7)26(14-37)40(25)27(29)15-38-35(41)18(2)3/h9,11,18,24-27,30H,1,10,12-13,15-17H2,2-8H3,(H,38,41)/t24-,25?,26-,27-,30-/m0/s1. The molecule has 1 saturated heterocycles. The van der Waals surface area contributed by atoms with Crippen molar-refractivity contribution in [3.05, 3.63) is 57.7 Å². The van der Waals surface area contributed by atoms with Crippen LogP contribution in [0.2, 0.25) is 0 Å². The number of nitriles is 1. The Morgan fingerprint density at radius 1 is 1.12 bits per heavy atom. The molecule has 0 spiro atoms. The summed E-state index contributed by atoms with van der Waals surface area (Å²) in [4.78, 5) is 30.5. The molecule has 2 bridgehead atoms. The number of rotatable bonds is 9. The summed E-state index contributed by atoms with van der Waals surface area (Å²) < 4.78 is 34.9. The first-order valence-corrected chi connectivity index (χ1v) is 16.4. The number of carbonyl (C=O) groups is 2. The molecule has 256 valence electrons. The summed E-state index contributed by atoms with van der Waals surface area (Å²) in [6, 6.07) is 3.17. The van der Waals surface area contributed by atoms with E-state index in [2.05, 4.69) is 54.7 Å². The molecule has 48 heavy (non-hydrogen) atoms. The third kappa shape index (κ3) is 5.44. The van der Waals surface area contributed by atoms with Gasteiger partial charge in [-0.1, -0.05) is 32.6 Å². The fourth-order valence-corrected chi connectivity index (χ4v) is 7.96. The number of aryl methyl sites for hydroxylation is 1. The van der Waals surface area contributed by atoms with E-state index in [0.29, 0.717) is 35.7 Å². The molecule has 2 aromatic rings. The van der Waals surface area contributed by atoms with Crippen LogP contribution in [0.25, 0.3) is 0 Å². The fourth-order valence-electron chi connectivity index (χ4n) is 7.96. The van der Waals surface area contributed by atoms with Gasteiger partial charge in [-0.2, -0.15) is 5.26 Å². The summed E-state index contributed by atoms with van der Waals surface area (Å²) in [6.45, 7) is 13.5. The molecule has 1 fully saturated rings. The van der Waals surface area contributed by atoms with E-state index in [0.717, 1.165) is 39.1 Å². The number of fused-ring (bicyclic) bond motifs is 9. The van der Waals surface area contributed by atoms with Crippen molar-refractivity contribution >= 4 is 12.1 Å². The van der Waals surface area contributed by atoms with E-state index in [4.69, 9.17) is 28.4 Å². The summed E-state index contributed by atoms with van der Waals surface area (Å²) >= 11 is 0. The zero-order valence-corrected chi connectivity index (χ0v) is 28.7. The molecule has 1 unspecified atom stereocenters. The normalized spacial score (nSPS) is 23.8. The van der Waals surface area contributed by atoms with Crippen molar-refractivity contribution in [3.63, 3.8) is 0 Å². The quantitative estimate of drug-likeness (QED) is 0.176. The van der Waals surface area contributed by atoms with Gasteiger partial charge >= 0.3 is 6.16 Å². The third-order valence-electron chi connectivity index (χ3n) is 10.2. The van der Waals surface area contributed by atoms with Gasteiger partial charge in [0.15, 0.2) is 18.3 Å². The third-order valence-corrected chi connectivity index (χ3v) is 10.2. The maximum absolute atomic E-state index is 13.1. The maximum atomic E-state index is 13.1. The Balaban J connectivity index is 1.59. The summed E-state index contributed by atoms with van der Waals surface area (Å²) in [6.07, 6.45) is 1.65. The molecule has 6 rings (SSSR count). The van der Waals surface area contributed by atoms with Crippen LogP contribution in [0.5, 0.6) is 23.0 Å². The molecule has 12 nitrogen and oxygen atoms in total. The van der Waals surface area contributed by atoms with Crippen molar-refractivity contribution in [1.82, 2.24) is 15.1 Å². The van der Waals surface area contributed by atoms with E-state index < -0.39 is 18.2 Å². The van der Waals surface area contributed by atoms with E-state index >= 15 is 0 Å². The molecule has 4 aliphatic heterocycles. The monoisotopic (exact) mass is 660 g/mol. The van der Waals surface area contributed by atoms with Gasteiger partial charge in [0.25, 0.3) is 0 Å². The number of hydrogen-bond donors (Lipinski definition) is 1. The average molecular weight is 661 g/mol. The maximum Gasteiger partial charge on any atom is 0.514 e. The second kappa shape index (κ2) is 13.3. The minimum absolute atomic E-state index is 0.0106. The van der Waals surface area contributed by atoms with Crippen LogP contribution in [0.4, 0.5) is 4.79 Å². The fraction of sp³-hybridized carbons (Fsp3) is 0.528. The zero-order valence-electron chi connectivity index (χ0n) is 28.7. The average Bonchev–Trinajstić information content (AvgIpc) is 3.55. The molecule has 1 amide bonds. The number of hydrogen-bond acceptors (Lipinski definition) is 11. The predicted octanol–water partition coefficient (Wildman–Crippen LogP) is 4.57. The summed E-state index contributed by atoms with van der Waals surface area (Å²) in [7, 11) is 3.66. The molecular weight excluding hydrogens is 616 g/mol. The highest BCUT2D eigenvalue weighted by Crippen LogP contribution is 2.58. The van der Waals surface area contributed by atoms with Gasteiger partial charge in [-0.3, -0.25) is 14.6 Å². The highest BCUT2D eigenvalue weighted by Gasteiger charge is 2.57. The second-order valence-corrected chi connectivity index (χ2v) is 13.2. The van der Waals surface area contributed by atoms with Gasteiger partial charge in [0.2, 0.25) is 12.7 Å². The molecular formula is C36H44N4O8. The number of nitrogens with zero attached hydrogens (tertiary/aromatic N) is 3. The number of carbonyl (C=O) groups excluding carboxylic acids is 2. The van der Waals surface area contributed by atoms with Gasteiger partial charge in [0, 0.05) is 53.9 Å². The topological polar surface area (TPSA) is 132 Å². The molecule has 4 heterocycles. The van der Waals surface area contributed by atoms with Crippen molar-refractivity contribution in [2.45, 2.75) is 77.7 Å². The van der Waals surface area contributed by atoms with Crippen molar-refractivity contribution in [3.8, 4) is 29.1 Å². The Morgan fingerprint density at radius 3 is 2.56 bits per heavy atom. The summed E-state index contributed by atoms with van der Waals surface area (Å²) in [5, 5.41) is 14.0. The predicted molar refractivity (Wildman–Crippen MR) is 175 cm³/mol. The van der Waals surface area contributed by atoms with Gasteiger partial charge in [-0.15, -0.1) is 0 Å². The van der Waals surface area contributed by atoms with Crippen LogP contribution in [0.15, 0.2) is 18.7 Å². The van der Waals surface area contributed by atoms with E-state index in [1.54, 1.807) is 7.11 Å². The largest absolute Gasteiger partial charge is 0.514 e. The minimum atomic E-state index is -0.869. The number of benzene rings is 2. The van der Waals surface area contributed by atoms with E-state index in [1.807, 2.05) is 20.8 Å². The number of methoxy groups -OCH3 is 1. The van der Waals surface area contributed by atoms with Crippen molar-refractivity contribution < 1.29 is 38.0 Å². The van der Waals surface area contributed by atoms with E-state index in [1.165, 1.54) is 6.08 Å². The smallest absolute Gasteiger partial charge is 0.467 e. The van der Waals surface area contributed by atoms with Gasteiger partial charge in [-0.25, -0.2) is 4.79 Å². The van der Waals surface area contributed by atoms with E-state index in [-0.39, 0.29) is 56.7 Å². The number of nitrogens with one attached hydrogen (secondary N) is 1. The van der Waals surface area contributed by atoms with Gasteiger partial charge in [0.05, 0.1) is 18.2 Å². The molecule has 12 heteroatoms. The molecule has 2 aromatic carbocycles. The van der Waals surface area contributed by atoms with Crippen LogP contribution >= 0.6 is 0 Å². The van der Waals surface area contributed by atoms with Crippen LogP contribution in [0, 0.1) is 38.0 Å². The summed E-state index contributed by atoms with van der Waals surface area (Å²) in [5.41, 5.74) is 6.41. The van der Waals surface area contributed by atoms with Crippen molar-refractivity contribution in [1.29, 1.82) is 5.26 Å². The highest BCUT2D eigenvalue weighted by molar-refractivity contribution is 5.78. The SMILES string of the molecule is C=CCOC(=O)Oc1c(C)c2c(c3c1CC1[C@H]4c5c(cc(C)c(C)c5OCOC)C[C@@H]([C@H](C#N)N1[C@H]3CNC(=O)C(C)C)N4C)OCO2. The first kappa shape index (κ1) is 33.6. The lowest BCUT2D eigenvalue weighted by molar-refractivity contribution is -0.125. The number of piperazine rings is 1.